The molecule has 0 aliphatic carbocycles. The van der Waals surface area contributed by atoms with Crippen LogP contribution in [0.15, 0.2) is 6.20 Å². The summed E-state index contributed by atoms with van der Waals surface area (Å²) in [6, 6.07) is 0.0825. The summed E-state index contributed by atoms with van der Waals surface area (Å²) in [6.45, 7) is 3.75. The molecule has 5 nitrogen and oxygen atoms in total. The molecule has 1 rings (SSSR count). The van der Waals surface area contributed by atoms with E-state index in [1.54, 1.807) is 0 Å². The van der Waals surface area contributed by atoms with Crippen LogP contribution in [0.4, 0.5) is 5.82 Å². The van der Waals surface area contributed by atoms with E-state index in [1.165, 1.54) is 6.20 Å². The maximum atomic E-state index is 10.8. The molecule has 0 aromatic carbocycles. The molecule has 0 amide bonds. The summed E-state index contributed by atoms with van der Waals surface area (Å²) < 4.78 is 0. The molecule has 0 fully saturated rings. The van der Waals surface area contributed by atoms with Gasteiger partial charge in [0.05, 0.1) is 0 Å². The highest BCUT2D eigenvalue weighted by Gasteiger charge is 2.13. The second kappa shape index (κ2) is 4.23. The van der Waals surface area contributed by atoms with Crippen molar-refractivity contribution in [2.24, 2.45) is 0 Å². The number of hydrogen-bond donors (Lipinski definition) is 2. The van der Waals surface area contributed by atoms with Gasteiger partial charge in [0.2, 0.25) is 5.28 Å². The number of halogens is 1. The number of carbonyl (C=O) groups is 1. The van der Waals surface area contributed by atoms with Gasteiger partial charge in [0.15, 0.2) is 0 Å². The highest BCUT2D eigenvalue weighted by Crippen LogP contribution is 2.14. The molecule has 0 atom stereocenters. The molecule has 6 heteroatoms. The van der Waals surface area contributed by atoms with Crippen molar-refractivity contribution >= 4 is 23.4 Å². The lowest BCUT2D eigenvalue weighted by Crippen LogP contribution is -2.15. The predicted octanol–water partition coefficient (Wildman–Crippen LogP) is 1.65. The van der Waals surface area contributed by atoms with Crippen LogP contribution in [-0.2, 0) is 0 Å². The number of nitrogens with zero attached hydrogens (tertiary/aromatic N) is 2. The third kappa shape index (κ3) is 2.56. The summed E-state index contributed by atoms with van der Waals surface area (Å²) in [5.74, 6) is -0.836. The molecular formula is C8H10ClN3O2. The van der Waals surface area contributed by atoms with Gasteiger partial charge in [-0.15, -0.1) is 0 Å². The maximum absolute atomic E-state index is 10.8. The van der Waals surface area contributed by atoms with Crippen LogP contribution in [0, 0.1) is 0 Å². The van der Waals surface area contributed by atoms with E-state index < -0.39 is 5.97 Å². The lowest BCUT2D eigenvalue weighted by atomic mass is 10.3. The first-order chi connectivity index (χ1) is 6.50. The average Bonchev–Trinajstić information content (AvgIpc) is 2.01. The van der Waals surface area contributed by atoms with Crippen molar-refractivity contribution in [3.05, 3.63) is 17.0 Å². The van der Waals surface area contributed by atoms with Gasteiger partial charge < -0.3 is 10.4 Å². The predicted molar refractivity (Wildman–Crippen MR) is 52.8 cm³/mol. The van der Waals surface area contributed by atoms with Gasteiger partial charge in [0.25, 0.3) is 0 Å². The van der Waals surface area contributed by atoms with Gasteiger partial charge in [-0.2, -0.15) is 4.98 Å². The molecule has 76 valence electrons. The van der Waals surface area contributed by atoms with Crippen LogP contribution < -0.4 is 5.32 Å². The van der Waals surface area contributed by atoms with Crippen molar-refractivity contribution in [1.82, 2.24) is 9.97 Å². The van der Waals surface area contributed by atoms with E-state index in [9.17, 15) is 4.79 Å². The first kappa shape index (κ1) is 10.7. The molecular weight excluding hydrogens is 206 g/mol. The molecule has 2 N–H and O–H groups in total. The minimum absolute atomic E-state index is 0.0168. The molecule has 0 unspecified atom stereocenters. The third-order valence-corrected chi connectivity index (χ3v) is 1.60. The molecule has 1 aromatic heterocycles. The zero-order valence-corrected chi connectivity index (χ0v) is 8.54. The number of nitrogens with one attached hydrogen (secondary N) is 1. The molecule has 1 heterocycles. The van der Waals surface area contributed by atoms with Crippen LogP contribution in [0.1, 0.15) is 24.2 Å². The summed E-state index contributed by atoms with van der Waals surface area (Å²) in [5, 5.41) is 11.7. The second-order valence-corrected chi connectivity index (χ2v) is 3.34. The number of anilines is 1. The zero-order valence-electron chi connectivity index (χ0n) is 7.78. The van der Waals surface area contributed by atoms with E-state index in [-0.39, 0.29) is 22.7 Å². The fourth-order valence-electron chi connectivity index (χ4n) is 0.900. The highest BCUT2D eigenvalue weighted by atomic mass is 35.5. The van der Waals surface area contributed by atoms with E-state index in [1.807, 2.05) is 13.8 Å². The first-order valence-corrected chi connectivity index (χ1v) is 4.41. The minimum Gasteiger partial charge on any atom is -0.477 e. The summed E-state index contributed by atoms with van der Waals surface area (Å²) in [4.78, 5) is 18.2. The van der Waals surface area contributed by atoms with Gasteiger partial charge >= 0.3 is 5.97 Å². The quantitative estimate of drug-likeness (QED) is 0.750. The molecule has 14 heavy (non-hydrogen) atoms. The van der Waals surface area contributed by atoms with Crippen molar-refractivity contribution in [3.8, 4) is 0 Å². The average molecular weight is 216 g/mol. The normalized spacial score (nSPS) is 10.3. The second-order valence-electron chi connectivity index (χ2n) is 3.01. The molecule has 0 radical (unpaired) electrons. The largest absolute Gasteiger partial charge is 0.477 e. The van der Waals surface area contributed by atoms with Crippen LogP contribution in [0.25, 0.3) is 0 Å². The Morgan fingerprint density at radius 2 is 2.29 bits per heavy atom. The Balaban J connectivity index is 3.09. The Kier molecular flexibility index (Phi) is 3.24. The Morgan fingerprint density at radius 1 is 1.64 bits per heavy atom. The molecule has 0 aliphatic heterocycles. The molecule has 0 saturated heterocycles. The van der Waals surface area contributed by atoms with Gasteiger partial charge in [0.1, 0.15) is 11.4 Å². The van der Waals surface area contributed by atoms with Crippen LogP contribution in [0.3, 0.4) is 0 Å². The molecule has 0 aliphatic rings. The summed E-state index contributed by atoms with van der Waals surface area (Å²) >= 11 is 5.55. The zero-order chi connectivity index (χ0) is 10.7. The van der Waals surface area contributed by atoms with Crippen LogP contribution in [0.5, 0.6) is 0 Å². The third-order valence-electron chi connectivity index (χ3n) is 1.42. The monoisotopic (exact) mass is 215 g/mol. The van der Waals surface area contributed by atoms with E-state index in [0.29, 0.717) is 0 Å². The Bertz CT molecular complexity index is 354. The van der Waals surface area contributed by atoms with Crippen molar-refractivity contribution in [1.29, 1.82) is 0 Å². The SMILES string of the molecule is CC(C)Nc1nc(Cl)ncc1C(=O)O. The fourth-order valence-corrected chi connectivity index (χ4v) is 1.03. The number of rotatable bonds is 3. The summed E-state index contributed by atoms with van der Waals surface area (Å²) in [7, 11) is 0. The maximum Gasteiger partial charge on any atom is 0.341 e. The Labute approximate surface area is 86.1 Å². The Hall–Kier alpha value is -1.36. The van der Waals surface area contributed by atoms with E-state index >= 15 is 0 Å². The number of aromatic carboxylic acids is 1. The van der Waals surface area contributed by atoms with Gasteiger partial charge in [-0.05, 0) is 25.4 Å². The van der Waals surface area contributed by atoms with E-state index in [2.05, 4.69) is 15.3 Å². The van der Waals surface area contributed by atoms with Gasteiger partial charge in [0, 0.05) is 12.2 Å². The topological polar surface area (TPSA) is 75.1 Å². The lowest BCUT2D eigenvalue weighted by Gasteiger charge is -2.10. The standard InChI is InChI=1S/C8H10ClN3O2/c1-4(2)11-6-5(7(13)14)3-10-8(9)12-6/h3-4H,1-2H3,(H,13,14)(H,10,11,12). The number of aromatic nitrogens is 2. The van der Waals surface area contributed by atoms with Crippen molar-refractivity contribution in [2.45, 2.75) is 19.9 Å². The van der Waals surface area contributed by atoms with E-state index in [4.69, 9.17) is 16.7 Å². The van der Waals surface area contributed by atoms with E-state index in [0.717, 1.165) is 0 Å². The summed E-state index contributed by atoms with van der Waals surface area (Å²) in [6.07, 6.45) is 1.18. The first-order valence-electron chi connectivity index (χ1n) is 4.03. The van der Waals surface area contributed by atoms with Gasteiger partial charge in [-0.25, -0.2) is 9.78 Å². The van der Waals surface area contributed by atoms with Crippen molar-refractivity contribution in [2.75, 3.05) is 5.32 Å². The fraction of sp³-hybridized carbons (Fsp3) is 0.375. The molecule has 0 saturated carbocycles. The summed E-state index contributed by atoms with van der Waals surface area (Å²) in [5.41, 5.74) is 0.0168. The number of carboxylic acid groups (broad SMARTS) is 1. The van der Waals surface area contributed by atoms with Crippen LogP contribution in [-0.4, -0.2) is 27.1 Å². The molecule has 0 spiro atoms. The van der Waals surface area contributed by atoms with Crippen molar-refractivity contribution < 1.29 is 9.90 Å². The highest BCUT2D eigenvalue weighted by molar-refractivity contribution is 6.28. The van der Waals surface area contributed by atoms with Gasteiger partial charge in [-0.1, -0.05) is 0 Å². The Morgan fingerprint density at radius 3 is 2.79 bits per heavy atom. The smallest absolute Gasteiger partial charge is 0.341 e. The number of hydrogen-bond acceptors (Lipinski definition) is 4. The molecule has 1 aromatic rings. The number of carboxylic acids is 1. The van der Waals surface area contributed by atoms with Gasteiger partial charge in [-0.3, -0.25) is 0 Å². The van der Waals surface area contributed by atoms with Crippen LogP contribution >= 0.6 is 11.6 Å². The van der Waals surface area contributed by atoms with Crippen LogP contribution in [0.2, 0.25) is 5.28 Å². The minimum atomic E-state index is -1.08. The lowest BCUT2D eigenvalue weighted by molar-refractivity contribution is 0.0697. The van der Waals surface area contributed by atoms with Crippen molar-refractivity contribution in [3.63, 3.8) is 0 Å². The molecule has 0 bridgehead atoms.